The number of amides is 2. The fraction of sp³-hybridized carbons (Fsp3) is 0.857. The number of aliphatic carboxylic acids is 1. The first kappa shape index (κ1) is 15.1. The first-order valence-electron chi connectivity index (χ1n) is 7.45. The van der Waals surface area contributed by atoms with E-state index < -0.39 is 5.97 Å². The van der Waals surface area contributed by atoms with E-state index in [1.165, 1.54) is 12.8 Å². The van der Waals surface area contributed by atoms with Gasteiger partial charge in [-0.1, -0.05) is 0 Å². The molecule has 0 aromatic carbocycles. The van der Waals surface area contributed by atoms with Crippen LogP contribution >= 0.6 is 0 Å². The predicted molar refractivity (Wildman–Crippen MR) is 75.6 cm³/mol. The van der Waals surface area contributed by atoms with E-state index >= 15 is 0 Å². The smallest absolute Gasteiger partial charge is 0.320 e. The second kappa shape index (κ2) is 6.43. The van der Waals surface area contributed by atoms with Crippen molar-refractivity contribution >= 4 is 12.0 Å². The molecule has 2 fully saturated rings. The molecule has 1 atom stereocenters. The number of hydrogen-bond donors (Lipinski definition) is 1. The van der Waals surface area contributed by atoms with Crippen molar-refractivity contribution in [3.8, 4) is 0 Å². The van der Waals surface area contributed by atoms with E-state index in [2.05, 4.69) is 11.8 Å². The van der Waals surface area contributed by atoms with E-state index in [9.17, 15) is 9.59 Å². The van der Waals surface area contributed by atoms with Gasteiger partial charge < -0.3 is 14.9 Å². The fourth-order valence-electron chi connectivity index (χ4n) is 2.71. The van der Waals surface area contributed by atoms with Crippen LogP contribution in [0.3, 0.4) is 0 Å². The summed E-state index contributed by atoms with van der Waals surface area (Å²) in [6.45, 7) is 5.63. The van der Waals surface area contributed by atoms with Crippen LogP contribution < -0.4 is 0 Å². The predicted octanol–water partition coefficient (Wildman–Crippen LogP) is 0.929. The van der Waals surface area contributed by atoms with Crippen molar-refractivity contribution in [2.24, 2.45) is 5.92 Å². The van der Waals surface area contributed by atoms with Gasteiger partial charge in [0.15, 0.2) is 0 Å². The average molecular weight is 283 g/mol. The molecule has 6 nitrogen and oxygen atoms in total. The van der Waals surface area contributed by atoms with Gasteiger partial charge >= 0.3 is 12.0 Å². The summed E-state index contributed by atoms with van der Waals surface area (Å²) in [6, 6.07) is 0.440. The third-order valence-electron chi connectivity index (χ3n) is 4.50. The second-order valence-electron chi connectivity index (χ2n) is 5.94. The van der Waals surface area contributed by atoms with Gasteiger partial charge in [-0.2, -0.15) is 0 Å². The summed E-state index contributed by atoms with van der Waals surface area (Å²) in [5, 5.41) is 8.68. The lowest BCUT2D eigenvalue weighted by molar-refractivity contribution is -0.137. The topological polar surface area (TPSA) is 64.1 Å². The number of piperazine rings is 1. The van der Waals surface area contributed by atoms with E-state index in [-0.39, 0.29) is 12.5 Å². The van der Waals surface area contributed by atoms with Crippen molar-refractivity contribution in [3.05, 3.63) is 0 Å². The summed E-state index contributed by atoms with van der Waals surface area (Å²) < 4.78 is 0. The molecule has 1 N–H and O–H groups in total. The molecule has 1 aliphatic heterocycles. The molecule has 6 heteroatoms. The first-order chi connectivity index (χ1) is 9.49. The Morgan fingerprint density at radius 1 is 1.25 bits per heavy atom. The molecule has 1 heterocycles. The van der Waals surface area contributed by atoms with Gasteiger partial charge in [0.2, 0.25) is 0 Å². The van der Waals surface area contributed by atoms with Crippen molar-refractivity contribution < 1.29 is 14.7 Å². The highest BCUT2D eigenvalue weighted by atomic mass is 16.4. The van der Waals surface area contributed by atoms with E-state index in [1.807, 2.05) is 16.8 Å². The maximum absolute atomic E-state index is 12.4. The molecule has 1 saturated carbocycles. The van der Waals surface area contributed by atoms with E-state index in [0.29, 0.717) is 31.6 Å². The number of carbonyl (C=O) groups excluding carboxylic acids is 1. The van der Waals surface area contributed by atoms with Gasteiger partial charge in [-0.25, -0.2) is 4.79 Å². The molecule has 2 amide bonds. The second-order valence-corrected chi connectivity index (χ2v) is 5.94. The molecular weight excluding hydrogens is 258 g/mol. The van der Waals surface area contributed by atoms with Gasteiger partial charge in [0.1, 0.15) is 0 Å². The standard InChI is InChI=1S/C14H25N3O3/c1-11(12-3-4-12)15(2)14(20)17-9-7-16(8-10-17)6-5-13(18)19/h11-12H,3-10H2,1-2H3,(H,18,19). The maximum atomic E-state index is 12.4. The number of urea groups is 1. The van der Waals surface area contributed by atoms with Gasteiger partial charge in [0, 0.05) is 45.8 Å². The number of carboxylic acids is 1. The highest BCUT2D eigenvalue weighted by Crippen LogP contribution is 2.34. The molecule has 0 aromatic heterocycles. The Labute approximate surface area is 120 Å². The lowest BCUT2D eigenvalue weighted by Gasteiger charge is -2.38. The lowest BCUT2D eigenvalue weighted by atomic mass is 10.2. The van der Waals surface area contributed by atoms with Crippen LogP contribution in [0.2, 0.25) is 0 Å². The summed E-state index contributed by atoms with van der Waals surface area (Å²) >= 11 is 0. The van der Waals surface area contributed by atoms with E-state index in [4.69, 9.17) is 5.11 Å². The van der Waals surface area contributed by atoms with Crippen LogP contribution in [0.4, 0.5) is 4.79 Å². The molecule has 0 aromatic rings. The van der Waals surface area contributed by atoms with Gasteiger partial charge in [0.25, 0.3) is 0 Å². The van der Waals surface area contributed by atoms with Gasteiger partial charge in [-0.3, -0.25) is 9.69 Å². The Hall–Kier alpha value is -1.30. The Morgan fingerprint density at radius 2 is 1.85 bits per heavy atom. The average Bonchev–Trinajstić information content (AvgIpc) is 3.28. The Morgan fingerprint density at radius 3 is 2.35 bits per heavy atom. The molecule has 2 rings (SSSR count). The van der Waals surface area contributed by atoms with Crippen molar-refractivity contribution in [1.29, 1.82) is 0 Å². The third-order valence-corrected chi connectivity index (χ3v) is 4.50. The molecule has 1 saturated heterocycles. The van der Waals surface area contributed by atoms with Crippen LogP contribution in [0, 0.1) is 5.92 Å². The van der Waals surface area contributed by atoms with Crippen LogP contribution in [0.15, 0.2) is 0 Å². The van der Waals surface area contributed by atoms with E-state index in [0.717, 1.165) is 13.1 Å². The number of nitrogens with zero attached hydrogens (tertiary/aromatic N) is 3. The highest BCUT2D eigenvalue weighted by Gasteiger charge is 2.34. The lowest BCUT2D eigenvalue weighted by Crippen LogP contribution is -2.54. The van der Waals surface area contributed by atoms with E-state index in [1.54, 1.807) is 0 Å². The normalized spacial score (nSPS) is 21.6. The molecule has 20 heavy (non-hydrogen) atoms. The minimum Gasteiger partial charge on any atom is -0.481 e. The Balaban J connectivity index is 1.74. The van der Waals surface area contributed by atoms with Crippen molar-refractivity contribution in [2.45, 2.75) is 32.2 Å². The van der Waals surface area contributed by atoms with Crippen LogP contribution in [-0.2, 0) is 4.79 Å². The largest absolute Gasteiger partial charge is 0.481 e. The Bertz CT molecular complexity index is 363. The van der Waals surface area contributed by atoms with Gasteiger partial charge in [-0.05, 0) is 25.7 Å². The molecule has 114 valence electrons. The van der Waals surface area contributed by atoms with Crippen molar-refractivity contribution in [1.82, 2.24) is 14.7 Å². The molecule has 2 aliphatic rings. The van der Waals surface area contributed by atoms with Crippen molar-refractivity contribution in [2.75, 3.05) is 39.8 Å². The number of carbonyl (C=O) groups is 2. The molecule has 1 aliphatic carbocycles. The van der Waals surface area contributed by atoms with Crippen molar-refractivity contribution in [3.63, 3.8) is 0 Å². The van der Waals surface area contributed by atoms with Crippen LogP contribution in [-0.4, -0.2) is 77.6 Å². The SMILES string of the molecule is CC(C1CC1)N(C)C(=O)N1CCN(CCC(=O)O)CC1. The summed E-state index contributed by atoms with van der Waals surface area (Å²) in [4.78, 5) is 28.8. The quantitative estimate of drug-likeness (QED) is 0.815. The van der Waals surface area contributed by atoms with Gasteiger partial charge in [0.05, 0.1) is 6.42 Å². The summed E-state index contributed by atoms with van der Waals surface area (Å²) in [7, 11) is 1.89. The number of hydrogen-bond acceptors (Lipinski definition) is 3. The molecular formula is C14H25N3O3. The maximum Gasteiger partial charge on any atom is 0.320 e. The van der Waals surface area contributed by atoms with Gasteiger partial charge in [-0.15, -0.1) is 0 Å². The highest BCUT2D eigenvalue weighted by molar-refractivity contribution is 5.74. The zero-order valence-corrected chi connectivity index (χ0v) is 12.4. The molecule has 1 unspecified atom stereocenters. The summed E-state index contributed by atoms with van der Waals surface area (Å²) in [6.07, 6.45) is 2.65. The minimum absolute atomic E-state index is 0.113. The monoisotopic (exact) mass is 283 g/mol. The third kappa shape index (κ3) is 3.85. The molecule has 0 spiro atoms. The van der Waals surface area contributed by atoms with Crippen LogP contribution in [0.5, 0.6) is 0 Å². The zero-order valence-electron chi connectivity index (χ0n) is 12.4. The fourth-order valence-corrected chi connectivity index (χ4v) is 2.71. The minimum atomic E-state index is -0.763. The summed E-state index contributed by atoms with van der Waals surface area (Å²) in [5.74, 6) is -0.0812. The number of carboxylic acid groups (broad SMARTS) is 1. The summed E-state index contributed by atoms with van der Waals surface area (Å²) in [5.41, 5.74) is 0. The first-order valence-corrected chi connectivity index (χ1v) is 7.45. The number of rotatable bonds is 5. The molecule has 0 bridgehead atoms. The van der Waals surface area contributed by atoms with Crippen LogP contribution in [0.25, 0.3) is 0 Å². The molecule has 0 radical (unpaired) electrons. The Kier molecular flexibility index (Phi) is 4.86. The zero-order chi connectivity index (χ0) is 14.7. The van der Waals surface area contributed by atoms with Crippen LogP contribution in [0.1, 0.15) is 26.2 Å².